The fourth-order valence-corrected chi connectivity index (χ4v) is 7.15. The minimum atomic E-state index is -3.92. The van der Waals surface area contributed by atoms with E-state index in [0.717, 1.165) is 36.9 Å². The Balaban J connectivity index is 4.13. The molecular formula is C15H33NO9S6. The third-order valence-corrected chi connectivity index (χ3v) is 9.29. The Kier molecular flexibility index (Phi) is 17.6. The Morgan fingerprint density at radius 3 is 0.968 bits per heavy atom. The van der Waals surface area contributed by atoms with Gasteiger partial charge in [-0.05, 0) is 36.5 Å². The van der Waals surface area contributed by atoms with Crippen molar-refractivity contribution < 1.29 is 38.9 Å². The first-order valence-electron chi connectivity index (χ1n) is 9.59. The van der Waals surface area contributed by atoms with Crippen molar-refractivity contribution in [1.82, 2.24) is 4.90 Å². The van der Waals surface area contributed by atoms with Crippen molar-refractivity contribution in [2.75, 3.05) is 71.4 Å². The molecule has 0 spiro atoms. The van der Waals surface area contributed by atoms with Gasteiger partial charge in [-0.15, -0.1) is 0 Å². The lowest BCUT2D eigenvalue weighted by Gasteiger charge is -2.22. The van der Waals surface area contributed by atoms with Crippen LogP contribution in [-0.4, -0.2) is 115 Å². The fourth-order valence-electron chi connectivity index (χ4n) is 2.25. The van der Waals surface area contributed by atoms with Crippen LogP contribution in [0.15, 0.2) is 0 Å². The Morgan fingerprint density at radius 2 is 0.742 bits per heavy atom. The molecule has 188 valence electrons. The summed E-state index contributed by atoms with van der Waals surface area (Å²) in [7, 11) is -11.8. The topological polar surface area (TPSA) is 166 Å². The molecule has 10 nitrogen and oxygen atoms in total. The highest BCUT2D eigenvalue weighted by atomic mass is 32.2. The lowest BCUT2D eigenvalue weighted by molar-refractivity contribution is 0.329. The van der Waals surface area contributed by atoms with Gasteiger partial charge in [0, 0.05) is 36.9 Å². The van der Waals surface area contributed by atoms with Crippen LogP contribution in [0.25, 0.3) is 0 Å². The minimum absolute atomic E-state index is 0.246. The van der Waals surface area contributed by atoms with Crippen molar-refractivity contribution in [3.05, 3.63) is 0 Å². The van der Waals surface area contributed by atoms with E-state index in [1.807, 2.05) is 0 Å². The van der Waals surface area contributed by atoms with Gasteiger partial charge in [0.15, 0.2) is 0 Å². The van der Waals surface area contributed by atoms with E-state index in [1.165, 1.54) is 0 Å². The molecular weight excluding hydrogens is 531 g/mol. The Hall–Kier alpha value is 0.740. The highest BCUT2D eigenvalue weighted by molar-refractivity contribution is 7.99. The van der Waals surface area contributed by atoms with E-state index in [0.29, 0.717) is 36.5 Å². The molecule has 0 unspecified atom stereocenters. The summed E-state index contributed by atoms with van der Waals surface area (Å²) in [5.41, 5.74) is 0. The average Bonchev–Trinajstić information content (AvgIpc) is 2.60. The zero-order valence-corrected chi connectivity index (χ0v) is 22.2. The summed E-state index contributed by atoms with van der Waals surface area (Å²) in [5, 5.41) is 0. The van der Waals surface area contributed by atoms with E-state index in [9.17, 15) is 25.3 Å². The third-order valence-electron chi connectivity index (χ3n) is 3.73. The summed E-state index contributed by atoms with van der Waals surface area (Å²) in [6.07, 6.45) is 1.16. The maximum absolute atomic E-state index is 10.7. The number of thioether (sulfide) groups is 3. The predicted octanol–water partition coefficient (Wildman–Crippen LogP) is 1.32. The zero-order chi connectivity index (χ0) is 23.8. The van der Waals surface area contributed by atoms with E-state index in [2.05, 4.69) is 4.90 Å². The highest BCUT2D eigenvalue weighted by Gasteiger charge is 2.09. The monoisotopic (exact) mass is 563 g/mol. The smallest absolute Gasteiger partial charge is 0.264 e. The molecule has 3 N–H and O–H groups in total. The van der Waals surface area contributed by atoms with Gasteiger partial charge in [0.25, 0.3) is 30.4 Å². The largest absolute Gasteiger partial charge is 0.301 e. The molecule has 0 atom stereocenters. The summed E-state index contributed by atoms with van der Waals surface area (Å²) in [6, 6.07) is 0. The number of hydrogen-bond donors (Lipinski definition) is 3. The molecule has 0 radical (unpaired) electrons. The third kappa shape index (κ3) is 26.9. The lowest BCUT2D eigenvalue weighted by Crippen LogP contribution is -2.31. The van der Waals surface area contributed by atoms with Crippen LogP contribution in [0, 0.1) is 0 Å². The van der Waals surface area contributed by atoms with Crippen molar-refractivity contribution >= 4 is 65.6 Å². The Labute approximate surface area is 199 Å². The molecule has 0 bridgehead atoms. The minimum Gasteiger partial charge on any atom is -0.301 e. The van der Waals surface area contributed by atoms with Gasteiger partial charge in [-0.3, -0.25) is 13.7 Å². The first kappa shape index (κ1) is 31.7. The van der Waals surface area contributed by atoms with E-state index in [-0.39, 0.29) is 17.3 Å². The summed E-state index contributed by atoms with van der Waals surface area (Å²) >= 11 is 4.81. The van der Waals surface area contributed by atoms with Crippen LogP contribution in [-0.2, 0) is 30.4 Å². The van der Waals surface area contributed by atoms with Gasteiger partial charge in [-0.1, -0.05) is 0 Å². The van der Waals surface area contributed by atoms with E-state index < -0.39 is 30.4 Å². The predicted molar refractivity (Wildman–Crippen MR) is 132 cm³/mol. The second-order valence-electron chi connectivity index (χ2n) is 6.60. The SMILES string of the molecule is O=S(=O)(O)CCCSCCN(CCSCCCS(=O)(=O)O)CCSCCCS(=O)(=O)O. The van der Waals surface area contributed by atoms with Crippen molar-refractivity contribution in [2.24, 2.45) is 0 Å². The summed E-state index contributed by atoms with van der Waals surface area (Å²) in [6.45, 7) is 2.36. The molecule has 0 aromatic carbocycles. The molecule has 0 aliphatic heterocycles. The second-order valence-corrected chi connectivity index (χ2v) is 15.0. The first-order chi connectivity index (χ1) is 14.3. The molecule has 0 saturated carbocycles. The summed E-state index contributed by atoms with van der Waals surface area (Å²) in [5.74, 6) is 3.54. The van der Waals surface area contributed by atoms with Crippen LogP contribution in [0.2, 0.25) is 0 Å². The van der Waals surface area contributed by atoms with Gasteiger partial charge in [0.1, 0.15) is 0 Å². The van der Waals surface area contributed by atoms with Crippen molar-refractivity contribution in [1.29, 1.82) is 0 Å². The lowest BCUT2D eigenvalue weighted by atomic mass is 10.5. The molecule has 0 aliphatic rings. The number of rotatable bonds is 21. The fraction of sp³-hybridized carbons (Fsp3) is 1.00. The molecule has 0 amide bonds. The first-order valence-corrected chi connectivity index (χ1v) is 17.9. The van der Waals surface area contributed by atoms with Crippen LogP contribution >= 0.6 is 35.3 Å². The van der Waals surface area contributed by atoms with E-state index >= 15 is 0 Å². The molecule has 0 aromatic heterocycles. The standard InChI is InChI=1S/C15H33NO9S6/c17-29(18,19)13-1-7-26-10-4-16(5-11-27-8-2-14-30(20,21)22)6-12-28-9-3-15-31(23,24)25/h1-15H2,(H,17,18,19)(H,20,21,22)(H,23,24,25). The van der Waals surface area contributed by atoms with Crippen LogP contribution in [0.3, 0.4) is 0 Å². The molecule has 0 saturated heterocycles. The van der Waals surface area contributed by atoms with Crippen LogP contribution in [0.1, 0.15) is 19.3 Å². The Morgan fingerprint density at radius 1 is 0.484 bits per heavy atom. The van der Waals surface area contributed by atoms with Gasteiger partial charge >= 0.3 is 0 Å². The van der Waals surface area contributed by atoms with Crippen LogP contribution in [0.4, 0.5) is 0 Å². The average molecular weight is 564 g/mol. The number of nitrogens with zero attached hydrogens (tertiary/aromatic N) is 1. The molecule has 31 heavy (non-hydrogen) atoms. The van der Waals surface area contributed by atoms with E-state index in [4.69, 9.17) is 13.7 Å². The van der Waals surface area contributed by atoms with Gasteiger partial charge in [-0.2, -0.15) is 60.5 Å². The highest BCUT2D eigenvalue weighted by Crippen LogP contribution is 2.10. The van der Waals surface area contributed by atoms with Gasteiger partial charge in [0.05, 0.1) is 17.3 Å². The molecule has 16 heteroatoms. The summed E-state index contributed by atoms with van der Waals surface area (Å²) in [4.78, 5) is 2.24. The molecule has 0 aromatic rings. The summed E-state index contributed by atoms with van der Waals surface area (Å²) < 4.78 is 90.4. The van der Waals surface area contributed by atoms with Gasteiger partial charge in [0.2, 0.25) is 0 Å². The Bertz CT molecular complexity index is 666. The molecule has 0 fully saturated rings. The normalized spacial score (nSPS) is 13.2. The van der Waals surface area contributed by atoms with Crippen LogP contribution < -0.4 is 0 Å². The number of hydrogen-bond acceptors (Lipinski definition) is 10. The molecule has 0 aliphatic carbocycles. The van der Waals surface area contributed by atoms with Gasteiger partial charge in [-0.25, -0.2) is 0 Å². The van der Waals surface area contributed by atoms with Crippen molar-refractivity contribution in [3.63, 3.8) is 0 Å². The van der Waals surface area contributed by atoms with Crippen LogP contribution in [0.5, 0.6) is 0 Å². The second kappa shape index (κ2) is 17.2. The van der Waals surface area contributed by atoms with Crippen molar-refractivity contribution in [3.8, 4) is 0 Å². The maximum atomic E-state index is 10.7. The van der Waals surface area contributed by atoms with Crippen molar-refractivity contribution in [2.45, 2.75) is 19.3 Å². The van der Waals surface area contributed by atoms with Gasteiger partial charge < -0.3 is 4.90 Å². The zero-order valence-electron chi connectivity index (χ0n) is 17.3. The molecule has 0 heterocycles. The maximum Gasteiger partial charge on any atom is 0.264 e. The van der Waals surface area contributed by atoms with E-state index in [1.54, 1.807) is 35.3 Å². The quantitative estimate of drug-likeness (QED) is 0.135. The molecule has 0 rings (SSSR count).